The van der Waals surface area contributed by atoms with Crippen molar-refractivity contribution in [3.8, 4) is 0 Å². The van der Waals surface area contributed by atoms with Gasteiger partial charge in [-0.3, -0.25) is 9.71 Å². The topological polar surface area (TPSA) is 92.2 Å². The van der Waals surface area contributed by atoms with Crippen molar-refractivity contribution in [3.63, 3.8) is 0 Å². The van der Waals surface area contributed by atoms with Gasteiger partial charge in [0.2, 0.25) is 0 Å². The van der Waals surface area contributed by atoms with E-state index in [1.165, 1.54) is 19.1 Å². The number of H-pyrrole nitrogens is 1. The van der Waals surface area contributed by atoms with Gasteiger partial charge in [-0.25, -0.2) is 13.2 Å². The quantitative estimate of drug-likeness (QED) is 0.738. The molecular formula is C15H11F3N2O4S. The number of benzene rings is 2. The predicted octanol–water partition coefficient (Wildman–Crippen LogP) is 3.25. The first-order valence-corrected chi connectivity index (χ1v) is 8.38. The first-order valence-electron chi connectivity index (χ1n) is 6.90. The maximum Gasteiger partial charge on any atom is 0.417 e. The van der Waals surface area contributed by atoms with Crippen LogP contribution in [0.3, 0.4) is 0 Å². The maximum atomic E-state index is 12.5. The molecule has 0 fully saturated rings. The maximum absolute atomic E-state index is 12.5. The van der Waals surface area contributed by atoms with Crippen LogP contribution < -0.4 is 10.5 Å². The SMILES string of the molecule is Cc1cc2[nH]c(=O)oc2cc1S(=O)(=O)Nc1ccc(C(F)(F)F)cc1. The minimum Gasteiger partial charge on any atom is -0.408 e. The second-order valence-electron chi connectivity index (χ2n) is 5.31. The standard InChI is InChI=1S/C15H11F3N2O4S/c1-8-6-11-12(24-14(21)19-11)7-13(8)25(22,23)20-10-4-2-9(3-5-10)15(16,17)18/h2-7,20H,1H3,(H,19,21). The summed E-state index contributed by atoms with van der Waals surface area (Å²) < 4.78 is 69.7. The van der Waals surface area contributed by atoms with Crippen LogP contribution in [0.15, 0.2) is 50.5 Å². The van der Waals surface area contributed by atoms with E-state index in [9.17, 15) is 26.4 Å². The fourth-order valence-corrected chi connectivity index (χ4v) is 3.62. The molecule has 3 rings (SSSR count). The summed E-state index contributed by atoms with van der Waals surface area (Å²) in [4.78, 5) is 13.4. The second kappa shape index (κ2) is 5.66. The zero-order valence-electron chi connectivity index (χ0n) is 12.6. The third kappa shape index (κ3) is 3.38. The zero-order chi connectivity index (χ0) is 18.4. The number of alkyl halides is 3. The molecule has 0 unspecified atom stereocenters. The number of rotatable bonds is 3. The number of sulfonamides is 1. The number of fused-ring (bicyclic) bond motifs is 1. The lowest BCUT2D eigenvalue weighted by Crippen LogP contribution is -2.14. The Morgan fingerprint density at radius 1 is 1.12 bits per heavy atom. The molecule has 0 saturated heterocycles. The fourth-order valence-electron chi connectivity index (χ4n) is 2.31. The van der Waals surface area contributed by atoms with Gasteiger partial charge in [0.1, 0.15) is 0 Å². The van der Waals surface area contributed by atoms with E-state index in [-0.39, 0.29) is 16.2 Å². The average molecular weight is 372 g/mol. The van der Waals surface area contributed by atoms with Gasteiger partial charge in [0.05, 0.1) is 16.0 Å². The summed E-state index contributed by atoms with van der Waals surface area (Å²) in [5.74, 6) is -0.723. The van der Waals surface area contributed by atoms with Gasteiger partial charge in [-0.05, 0) is 42.8 Å². The Morgan fingerprint density at radius 3 is 2.36 bits per heavy atom. The van der Waals surface area contributed by atoms with E-state index >= 15 is 0 Å². The predicted molar refractivity (Wildman–Crippen MR) is 83.8 cm³/mol. The Hall–Kier alpha value is -2.75. The van der Waals surface area contributed by atoms with Crippen molar-refractivity contribution >= 4 is 26.8 Å². The normalized spacial score (nSPS) is 12.5. The van der Waals surface area contributed by atoms with Crippen LogP contribution in [0.4, 0.5) is 18.9 Å². The van der Waals surface area contributed by atoms with Crippen molar-refractivity contribution in [3.05, 3.63) is 58.1 Å². The highest BCUT2D eigenvalue weighted by atomic mass is 32.2. The molecule has 0 amide bonds. The van der Waals surface area contributed by atoms with Crippen LogP contribution in [0.2, 0.25) is 0 Å². The second-order valence-corrected chi connectivity index (χ2v) is 6.96. The van der Waals surface area contributed by atoms with Gasteiger partial charge in [0.15, 0.2) is 5.58 Å². The van der Waals surface area contributed by atoms with Crippen molar-refractivity contribution in [1.29, 1.82) is 0 Å². The van der Waals surface area contributed by atoms with E-state index in [1.807, 2.05) is 0 Å². The molecule has 1 aromatic heterocycles. The molecule has 3 aromatic rings. The number of aryl methyl sites for hydroxylation is 1. The highest BCUT2D eigenvalue weighted by molar-refractivity contribution is 7.92. The summed E-state index contributed by atoms with van der Waals surface area (Å²) in [6, 6.07) is 6.20. The summed E-state index contributed by atoms with van der Waals surface area (Å²) in [6.45, 7) is 1.52. The summed E-state index contributed by atoms with van der Waals surface area (Å²) in [7, 11) is -4.08. The molecule has 0 aliphatic carbocycles. The summed E-state index contributed by atoms with van der Waals surface area (Å²) in [5, 5.41) is 0. The molecule has 0 aliphatic rings. The third-order valence-corrected chi connectivity index (χ3v) is 4.99. The number of aromatic nitrogens is 1. The van der Waals surface area contributed by atoms with E-state index in [2.05, 4.69) is 9.71 Å². The van der Waals surface area contributed by atoms with Gasteiger partial charge >= 0.3 is 11.9 Å². The smallest absolute Gasteiger partial charge is 0.408 e. The van der Waals surface area contributed by atoms with Gasteiger partial charge < -0.3 is 4.42 Å². The minimum absolute atomic E-state index is 0.0250. The van der Waals surface area contributed by atoms with Crippen molar-refractivity contribution in [2.24, 2.45) is 0 Å². The molecule has 0 bridgehead atoms. The number of nitrogens with one attached hydrogen (secondary N) is 2. The van der Waals surface area contributed by atoms with Crippen molar-refractivity contribution in [1.82, 2.24) is 4.98 Å². The van der Waals surface area contributed by atoms with E-state index in [0.29, 0.717) is 11.1 Å². The average Bonchev–Trinajstić information content (AvgIpc) is 2.84. The van der Waals surface area contributed by atoms with Crippen LogP contribution in [0.1, 0.15) is 11.1 Å². The van der Waals surface area contributed by atoms with Crippen molar-refractivity contribution in [2.75, 3.05) is 4.72 Å². The summed E-state index contributed by atoms with van der Waals surface area (Å²) in [6.07, 6.45) is -4.51. The Bertz CT molecular complexity index is 1100. The van der Waals surface area contributed by atoms with Gasteiger partial charge in [-0.1, -0.05) is 0 Å². The Kier molecular flexibility index (Phi) is 3.87. The molecule has 0 saturated carbocycles. The molecular weight excluding hydrogens is 361 g/mol. The van der Waals surface area contributed by atoms with E-state index in [1.54, 1.807) is 0 Å². The molecule has 1 heterocycles. The minimum atomic E-state index is -4.51. The van der Waals surface area contributed by atoms with Crippen molar-refractivity contribution in [2.45, 2.75) is 18.0 Å². The zero-order valence-corrected chi connectivity index (χ0v) is 13.5. The molecule has 132 valence electrons. The molecule has 2 aromatic carbocycles. The summed E-state index contributed by atoms with van der Waals surface area (Å²) >= 11 is 0. The fraction of sp³-hybridized carbons (Fsp3) is 0.133. The monoisotopic (exact) mass is 372 g/mol. The van der Waals surface area contributed by atoms with Gasteiger partial charge in [0.25, 0.3) is 10.0 Å². The molecule has 10 heteroatoms. The van der Waals surface area contributed by atoms with E-state index in [4.69, 9.17) is 4.42 Å². The van der Waals surface area contributed by atoms with Gasteiger partial charge in [0, 0.05) is 11.8 Å². The largest absolute Gasteiger partial charge is 0.417 e. The molecule has 0 spiro atoms. The highest BCUT2D eigenvalue weighted by Gasteiger charge is 2.30. The van der Waals surface area contributed by atoms with Gasteiger partial charge in [-0.2, -0.15) is 13.2 Å². The number of oxazole rings is 1. The molecule has 2 N–H and O–H groups in total. The number of aromatic amines is 1. The van der Waals surface area contributed by atoms with Crippen molar-refractivity contribution < 1.29 is 26.0 Å². The molecule has 25 heavy (non-hydrogen) atoms. The Balaban J connectivity index is 1.96. The lowest BCUT2D eigenvalue weighted by molar-refractivity contribution is -0.137. The molecule has 6 nitrogen and oxygen atoms in total. The van der Waals surface area contributed by atoms with Crippen LogP contribution >= 0.6 is 0 Å². The van der Waals surface area contributed by atoms with Crippen LogP contribution in [-0.2, 0) is 16.2 Å². The lowest BCUT2D eigenvalue weighted by Gasteiger charge is -2.11. The molecule has 0 radical (unpaired) electrons. The number of hydrogen-bond acceptors (Lipinski definition) is 4. The lowest BCUT2D eigenvalue weighted by atomic mass is 10.2. The third-order valence-electron chi connectivity index (χ3n) is 3.47. The van der Waals surface area contributed by atoms with Crippen LogP contribution in [0, 0.1) is 6.92 Å². The van der Waals surface area contributed by atoms with E-state index < -0.39 is 27.5 Å². The van der Waals surface area contributed by atoms with Crippen LogP contribution in [0.25, 0.3) is 11.1 Å². The molecule has 0 atom stereocenters. The summed E-state index contributed by atoms with van der Waals surface area (Å²) in [5.41, 5.74) is -0.173. The Labute approximate surface area is 139 Å². The first kappa shape index (κ1) is 17.1. The van der Waals surface area contributed by atoms with Crippen LogP contribution in [-0.4, -0.2) is 13.4 Å². The Morgan fingerprint density at radius 2 is 1.76 bits per heavy atom. The van der Waals surface area contributed by atoms with Gasteiger partial charge in [-0.15, -0.1) is 0 Å². The number of hydrogen-bond donors (Lipinski definition) is 2. The highest BCUT2D eigenvalue weighted by Crippen LogP contribution is 2.30. The first-order chi connectivity index (χ1) is 11.6. The van der Waals surface area contributed by atoms with E-state index in [0.717, 1.165) is 24.3 Å². The number of anilines is 1. The molecule has 0 aliphatic heterocycles. The number of halogens is 3. The van der Waals surface area contributed by atoms with Crippen LogP contribution in [0.5, 0.6) is 0 Å².